The van der Waals surface area contributed by atoms with Gasteiger partial charge in [-0.2, -0.15) is 0 Å². The van der Waals surface area contributed by atoms with Crippen molar-refractivity contribution in [3.05, 3.63) is 57.6 Å². The van der Waals surface area contributed by atoms with E-state index < -0.39 is 8.32 Å². The Labute approximate surface area is 209 Å². The van der Waals surface area contributed by atoms with Crippen molar-refractivity contribution in [2.75, 3.05) is 12.3 Å². The van der Waals surface area contributed by atoms with Crippen molar-refractivity contribution in [2.45, 2.75) is 111 Å². The van der Waals surface area contributed by atoms with Crippen LogP contribution in [0, 0.1) is 13.8 Å². The molecular weight excluding hydrogens is 434 g/mol. The van der Waals surface area contributed by atoms with Crippen LogP contribution in [-0.2, 0) is 17.6 Å². The van der Waals surface area contributed by atoms with E-state index >= 15 is 0 Å². The summed E-state index contributed by atoms with van der Waals surface area (Å²) in [5, 5.41) is 0. The molecule has 0 heterocycles. The summed E-state index contributed by atoms with van der Waals surface area (Å²) in [6, 6.07) is 8.80. The molecule has 0 aromatic heterocycles. The van der Waals surface area contributed by atoms with Gasteiger partial charge >= 0.3 is 0 Å². The molecule has 188 valence electrons. The highest BCUT2D eigenvalue weighted by Crippen LogP contribution is 2.47. The van der Waals surface area contributed by atoms with Crippen molar-refractivity contribution < 1.29 is 9.16 Å². The molecule has 34 heavy (non-hydrogen) atoms. The number of hydrogen-bond donors (Lipinski definition) is 1. The van der Waals surface area contributed by atoms with Gasteiger partial charge in [0.05, 0.1) is 6.10 Å². The van der Waals surface area contributed by atoms with E-state index in [0.717, 1.165) is 43.7 Å². The van der Waals surface area contributed by atoms with E-state index in [1.165, 1.54) is 33.4 Å². The lowest BCUT2D eigenvalue weighted by atomic mass is 9.83. The fourth-order valence-corrected chi connectivity index (χ4v) is 11.9. The van der Waals surface area contributed by atoms with Crippen molar-refractivity contribution >= 4 is 14.0 Å². The lowest BCUT2D eigenvalue weighted by Crippen LogP contribution is -2.51. The van der Waals surface area contributed by atoms with Crippen LogP contribution in [0.25, 0.3) is 0 Å². The van der Waals surface area contributed by atoms with E-state index in [1.54, 1.807) is 0 Å². The molecule has 1 aliphatic rings. The molecule has 1 atom stereocenters. The van der Waals surface area contributed by atoms with Gasteiger partial charge < -0.3 is 14.9 Å². The molecule has 0 spiro atoms. The number of benzene rings is 2. The lowest BCUT2D eigenvalue weighted by molar-refractivity contribution is 0.0486. The lowest BCUT2D eigenvalue weighted by Gasteiger charge is -2.43. The molecule has 2 aromatic carbocycles. The van der Waals surface area contributed by atoms with Crippen LogP contribution in [0.1, 0.15) is 101 Å². The predicted octanol–water partition coefficient (Wildman–Crippen LogP) is 8.44. The normalized spacial score (nSPS) is 16.4. The first kappa shape index (κ1) is 26.8. The Morgan fingerprint density at radius 3 is 2.09 bits per heavy atom. The molecule has 2 aromatic rings. The molecule has 2 N–H and O–H groups in total. The molecule has 4 heteroatoms. The summed E-state index contributed by atoms with van der Waals surface area (Å²) in [7, 11) is -2.07. The average molecular weight is 482 g/mol. The Kier molecular flexibility index (Phi) is 8.57. The van der Waals surface area contributed by atoms with Crippen LogP contribution >= 0.6 is 0 Å². The molecule has 0 bridgehead atoms. The zero-order chi connectivity index (χ0) is 25.2. The van der Waals surface area contributed by atoms with E-state index in [2.05, 4.69) is 86.6 Å². The van der Waals surface area contributed by atoms with Gasteiger partial charge in [0.2, 0.25) is 0 Å². The summed E-state index contributed by atoms with van der Waals surface area (Å²) in [4.78, 5) is 0. The number of rotatable bonds is 9. The van der Waals surface area contributed by atoms with Crippen LogP contribution in [-0.4, -0.2) is 14.9 Å². The van der Waals surface area contributed by atoms with Crippen molar-refractivity contribution in [3.8, 4) is 5.75 Å². The Balaban J connectivity index is 2.15. The van der Waals surface area contributed by atoms with E-state index in [0.29, 0.717) is 16.6 Å². The maximum absolute atomic E-state index is 7.27. The highest BCUT2D eigenvalue weighted by molar-refractivity contribution is 6.78. The van der Waals surface area contributed by atoms with Gasteiger partial charge in [0.15, 0.2) is 0 Å². The predicted molar refractivity (Wildman–Crippen MR) is 149 cm³/mol. The van der Waals surface area contributed by atoms with E-state index in [9.17, 15) is 0 Å². The van der Waals surface area contributed by atoms with E-state index in [1.807, 2.05) is 0 Å². The molecule has 1 unspecified atom stereocenters. The van der Waals surface area contributed by atoms with E-state index in [-0.39, 0.29) is 6.10 Å². The summed E-state index contributed by atoms with van der Waals surface area (Å²) in [5.74, 6) is 1.09. The average Bonchev–Trinajstić information content (AvgIpc) is 2.74. The van der Waals surface area contributed by atoms with Gasteiger partial charge in [-0.1, -0.05) is 47.6 Å². The standard InChI is InChI=1S/C30H47NO2Si/c1-10-32-28-13-11-12-26-24(18-27-22(8)16-25(31)17-23(27)9)14-15-29(30(26)28)33-34(19(2)3,20(4)5)21(6)7/h14-17,19-21,28H,10-13,18,31H2,1-9H3. The smallest absolute Gasteiger partial charge is 0.258 e. The third kappa shape index (κ3) is 5.09. The molecule has 1 aliphatic carbocycles. The van der Waals surface area contributed by atoms with Gasteiger partial charge in [-0.05, 0) is 109 Å². The SMILES string of the molecule is CCOC1CCCc2c(Cc3c(C)cc(N)cc3C)ccc(O[Si](C(C)C)(C(C)C)C(C)C)c21. The van der Waals surface area contributed by atoms with Gasteiger partial charge in [0, 0.05) is 17.9 Å². The monoisotopic (exact) mass is 481 g/mol. The minimum Gasteiger partial charge on any atom is -0.542 e. The topological polar surface area (TPSA) is 44.5 Å². The van der Waals surface area contributed by atoms with Crippen LogP contribution in [0.5, 0.6) is 5.75 Å². The second kappa shape index (κ2) is 10.9. The summed E-state index contributed by atoms with van der Waals surface area (Å²) in [5.41, 5.74) is 16.7. The van der Waals surface area contributed by atoms with Crippen molar-refractivity contribution in [1.29, 1.82) is 0 Å². The maximum Gasteiger partial charge on any atom is 0.258 e. The number of anilines is 1. The summed E-state index contributed by atoms with van der Waals surface area (Å²) in [6.07, 6.45) is 4.38. The Morgan fingerprint density at radius 1 is 0.971 bits per heavy atom. The quantitative estimate of drug-likeness (QED) is 0.288. The zero-order valence-electron chi connectivity index (χ0n) is 23.0. The molecule has 3 nitrogen and oxygen atoms in total. The minimum atomic E-state index is -2.07. The van der Waals surface area contributed by atoms with Gasteiger partial charge in [-0.3, -0.25) is 0 Å². The van der Waals surface area contributed by atoms with Crippen molar-refractivity contribution in [2.24, 2.45) is 0 Å². The first-order chi connectivity index (χ1) is 16.0. The third-order valence-corrected chi connectivity index (χ3v) is 14.1. The van der Waals surface area contributed by atoms with Crippen molar-refractivity contribution in [3.63, 3.8) is 0 Å². The first-order valence-corrected chi connectivity index (χ1v) is 15.5. The Morgan fingerprint density at radius 2 is 1.56 bits per heavy atom. The highest BCUT2D eigenvalue weighted by Gasteiger charge is 2.47. The van der Waals surface area contributed by atoms with E-state index in [4.69, 9.17) is 14.9 Å². The second-order valence-corrected chi connectivity index (χ2v) is 16.6. The van der Waals surface area contributed by atoms with Gasteiger partial charge in [0.1, 0.15) is 5.75 Å². The Bertz CT molecular complexity index is 951. The van der Waals surface area contributed by atoms with Crippen LogP contribution in [0.15, 0.2) is 24.3 Å². The molecule has 0 aliphatic heterocycles. The molecule has 0 saturated heterocycles. The van der Waals surface area contributed by atoms with Gasteiger partial charge in [0.25, 0.3) is 8.32 Å². The number of aryl methyl sites for hydroxylation is 2. The minimum absolute atomic E-state index is 0.121. The van der Waals surface area contributed by atoms with Crippen LogP contribution in [0.2, 0.25) is 16.6 Å². The number of hydrogen-bond acceptors (Lipinski definition) is 3. The van der Waals surface area contributed by atoms with Gasteiger partial charge in [-0.15, -0.1) is 0 Å². The summed E-state index contributed by atoms with van der Waals surface area (Å²) in [6.45, 7) is 21.4. The number of ether oxygens (including phenoxy) is 1. The fraction of sp³-hybridized carbons (Fsp3) is 0.600. The van der Waals surface area contributed by atoms with Crippen LogP contribution in [0.4, 0.5) is 5.69 Å². The fourth-order valence-electron chi connectivity index (χ4n) is 6.61. The molecule has 0 radical (unpaired) electrons. The molecule has 0 fully saturated rings. The largest absolute Gasteiger partial charge is 0.542 e. The van der Waals surface area contributed by atoms with Gasteiger partial charge in [-0.25, -0.2) is 0 Å². The summed E-state index contributed by atoms with van der Waals surface area (Å²) >= 11 is 0. The number of nitrogen functional groups attached to an aromatic ring is 1. The second-order valence-electron chi connectivity index (χ2n) is 11.2. The van der Waals surface area contributed by atoms with Crippen molar-refractivity contribution in [1.82, 2.24) is 0 Å². The van der Waals surface area contributed by atoms with Crippen LogP contribution < -0.4 is 10.2 Å². The maximum atomic E-state index is 7.27. The molecule has 0 amide bonds. The third-order valence-electron chi connectivity index (χ3n) is 8.08. The molecule has 3 rings (SSSR count). The summed E-state index contributed by atoms with van der Waals surface area (Å²) < 4.78 is 13.6. The molecular formula is C30H47NO2Si. The number of nitrogens with two attached hydrogens (primary N) is 1. The zero-order valence-corrected chi connectivity index (χ0v) is 24.0. The number of fused-ring (bicyclic) bond motifs is 1. The molecule has 0 saturated carbocycles. The Hall–Kier alpha value is -1.78. The first-order valence-electron chi connectivity index (χ1n) is 13.3. The van der Waals surface area contributed by atoms with Crippen LogP contribution in [0.3, 0.4) is 0 Å². The highest BCUT2D eigenvalue weighted by atomic mass is 28.4.